The predicted molar refractivity (Wildman–Crippen MR) is 42.9 cm³/mol. The number of hydrogen-bond acceptors (Lipinski definition) is 4. The van der Waals surface area contributed by atoms with Crippen LogP contribution in [0.4, 0.5) is 0 Å². The van der Waals surface area contributed by atoms with Gasteiger partial charge in [-0.3, -0.25) is 0 Å². The Morgan fingerprint density at radius 1 is 1.73 bits per heavy atom. The summed E-state index contributed by atoms with van der Waals surface area (Å²) in [6.07, 6.45) is 0.186. The summed E-state index contributed by atoms with van der Waals surface area (Å²) < 4.78 is 0. The van der Waals surface area contributed by atoms with E-state index < -0.39 is 17.7 Å². The lowest BCUT2D eigenvalue weighted by Crippen LogP contribution is -2.58. The molecule has 0 radical (unpaired) electrons. The Hall–Kier alpha value is -0.450. The number of carbonyl (C=O) groups is 1. The first-order valence-corrected chi connectivity index (χ1v) is 3.58. The van der Waals surface area contributed by atoms with Crippen LogP contribution in [0.15, 0.2) is 0 Å². The van der Waals surface area contributed by atoms with Crippen molar-refractivity contribution in [1.29, 1.82) is 0 Å². The molecule has 0 fully saturated rings. The zero-order valence-electron chi connectivity index (χ0n) is 6.95. The van der Waals surface area contributed by atoms with Crippen LogP contribution in [0.1, 0.15) is 20.3 Å². The molecular formula is C7H16N2O2. The molecule has 0 rings (SSSR count). The molecular weight excluding hydrogens is 144 g/mol. The van der Waals surface area contributed by atoms with E-state index >= 15 is 0 Å². The van der Waals surface area contributed by atoms with Crippen molar-refractivity contribution in [1.82, 2.24) is 0 Å². The maximum absolute atomic E-state index is 10.1. The van der Waals surface area contributed by atoms with Gasteiger partial charge in [0.1, 0.15) is 6.29 Å². The van der Waals surface area contributed by atoms with Gasteiger partial charge in [0.05, 0.1) is 6.10 Å². The predicted octanol–water partition coefficient (Wildman–Crippen LogP) is -0.999. The van der Waals surface area contributed by atoms with E-state index in [1.165, 1.54) is 0 Å². The van der Waals surface area contributed by atoms with E-state index in [1.54, 1.807) is 13.8 Å². The van der Waals surface area contributed by atoms with Crippen LogP contribution >= 0.6 is 0 Å². The lowest BCUT2D eigenvalue weighted by Gasteiger charge is -2.31. The summed E-state index contributed by atoms with van der Waals surface area (Å²) in [5, 5.41) is 9.06. The van der Waals surface area contributed by atoms with Crippen LogP contribution in [0.3, 0.4) is 0 Å². The van der Waals surface area contributed by atoms with Gasteiger partial charge in [-0.05, 0) is 13.8 Å². The van der Waals surface area contributed by atoms with Crippen molar-refractivity contribution in [2.45, 2.75) is 38.0 Å². The Kier molecular flexibility index (Phi) is 3.65. The fourth-order valence-corrected chi connectivity index (χ4v) is 0.867. The summed E-state index contributed by atoms with van der Waals surface area (Å²) in [6.45, 7) is 3.21. The molecule has 0 unspecified atom stereocenters. The van der Waals surface area contributed by atoms with Crippen LogP contribution in [0, 0.1) is 0 Å². The lowest BCUT2D eigenvalue weighted by atomic mass is 9.88. The summed E-state index contributed by atoms with van der Waals surface area (Å²) >= 11 is 0. The minimum absolute atomic E-state index is 0.166. The quantitative estimate of drug-likeness (QED) is 0.460. The van der Waals surface area contributed by atoms with E-state index in [-0.39, 0.29) is 6.42 Å². The zero-order chi connectivity index (χ0) is 9.07. The largest absolute Gasteiger partial charge is 0.392 e. The minimum atomic E-state index is -0.810. The van der Waals surface area contributed by atoms with Crippen molar-refractivity contribution < 1.29 is 9.90 Å². The highest BCUT2D eigenvalue weighted by Gasteiger charge is 2.29. The van der Waals surface area contributed by atoms with Gasteiger partial charge in [0.15, 0.2) is 0 Å². The Bertz CT molecular complexity index is 134. The van der Waals surface area contributed by atoms with Gasteiger partial charge >= 0.3 is 0 Å². The fraction of sp³-hybridized carbons (Fsp3) is 0.857. The van der Waals surface area contributed by atoms with Gasteiger partial charge in [0, 0.05) is 18.0 Å². The number of aliphatic hydroxyl groups is 1. The molecule has 0 aromatic rings. The third-order valence-corrected chi connectivity index (χ3v) is 1.80. The second kappa shape index (κ2) is 3.80. The molecule has 4 nitrogen and oxygen atoms in total. The number of aldehydes is 1. The van der Waals surface area contributed by atoms with Crippen LogP contribution < -0.4 is 11.5 Å². The van der Waals surface area contributed by atoms with Gasteiger partial charge in [-0.1, -0.05) is 0 Å². The second-order valence-electron chi connectivity index (χ2n) is 3.14. The lowest BCUT2D eigenvalue weighted by molar-refractivity contribution is -0.109. The third-order valence-electron chi connectivity index (χ3n) is 1.80. The molecule has 0 aromatic heterocycles. The monoisotopic (exact) mass is 160 g/mol. The first-order valence-electron chi connectivity index (χ1n) is 3.58. The van der Waals surface area contributed by atoms with Crippen molar-refractivity contribution in [2.75, 3.05) is 0 Å². The second-order valence-corrected chi connectivity index (χ2v) is 3.14. The van der Waals surface area contributed by atoms with Crippen LogP contribution in [-0.2, 0) is 4.79 Å². The molecule has 0 saturated carbocycles. The van der Waals surface area contributed by atoms with Gasteiger partial charge in [-0.15, -0.1) is 0 Å². The molecule has 5 N–H and O–H groups in total. The maximum atomic E-state index is 10.1. The third kappa shape index (κ3) is 2.96. The van der Waals surface area contributed by atoms with E-state index in [2.05, 4.69) is 0 Å². The molecule has 4 heteroatoms. The standard InChI is InChI=1S/C7H16N2O2/c1-5(11)6(8)7(2,9)3-4-10/h4-6,11H,3,8-9H2,1-2H3/t5-,6+,7+/m1/s1. The van der Waals surface area contributed by atoms with Gasteiger partial charge in [0.2, 0.25) is 0 Å². The number of aliphatic hydroxyl groups excluding tert-OH is 1. The van der Waals surface area contributed by atoms with Gasteiger partial charge in [0.25, 0.3) is 0 Å². The molecule has 11 heavy (non-hydrogen) atoms. The molecule has 0 aromatic carbocycles. The smallest absolute Gasteiger partial charge is 0.121 e. The molecule has 0 bridgehead atoms. The highest BCUT2D eigenvalue weighted by atomic mass is 16.3. The molecule has 0 aliphatic rings. The summed E-state index contributed by atoms with van der Waals surface area (Å²) in [5.41, 5.74) is 10.4. The van der Waals surface area contributed by atoms with Crippen molar-refractivity contribution in [3.05, 3.63) is 0 Å². The van der Waals surface area contributed by atoms with E-state index in [0.717, 1.165) is 0 Å². The molecule has 3 atom stereocenters. The van der Waals surface area contributed by atoms with Crippen molar-refractivity contribution in [3.8, 4) is 0 Å². The van der Waals surface area contributed by atoms with Crippen LogP contribution in [0.5, 0.6) is 0 Å². The molecule has 0 heterocycles. The zero-order valence-corrected chi connectivity index (χ0v) is 6.95. The summed E-state index contributed by atoms with van der Waals surface area (Å²) in [6, 6.07) is -0.562. The van der Waals surface area contributed by atoms with Gasteiger partial charge in [-0.2, -0.15) is 0 Å². The SMILES string of the molecule is C[C@@H](O)[C@H](N)[C@@](C)(N)CC=O. The molecule has 0 aliphatic heterocycles. The molecule has 0 amide bonds. The highest BCUT2D eigenvalue weighted by molar-refractivity contribution is 5.52. The van der Waals surface area contributed by atoms with Crippen LogP contribution in [-0.4, -0.2) is 29.1 Å². The molecule has 0 saturated heterocycles. The Morgan fingerprint density at radius 2 is 2.18 bits per heavy atom. The average Bonchev–Trinajstić information content (AvgIpc) is 1.86. The number of rotatable bonds is 4. The van der Waals surface area contributed by atoms with E-state index in [9.17, 15) is 4.79 Å². The van der Waals surface area contributed by atoms with Crippen molar-refractivity contribution in [2.24, 2.45) is 11.5 Å². The molecule has 0 spiro atoms. The Balaban J connectivity index is 4.15. The number of hydrogen-bond donors (Lipinski definition) is 3. The molecule has 0 aliphatic carbocycles. The number of nitrogens with two attached hydrogens (primary N) is 2. The maximum Gasteiger partial charge on any atom is 0.121 e. The topological polar surface area (TPSA) is 89.3 Å². The first kappa shape index (κ1) is 10.6. The number of carbonyl (C=O) groups excluding carboxylic acids is 1. The Labute approximate surface area is 66.6 Å². The molecule has 66 valence electrons. The van der Waals surface area contributed by atoms with Crippen LogP contribution in [0.25, 0.3) is 0 Å². The van der Waals surface area contributed by atoms with Gasteiger partial charge in [-0.25, -0.2) is 0 Å². The Morgan fingerprint density at radius 3 is 2.45 bits per heavy atom. The van der Waals surface area contributed by atoms with E-state index in [1.807, 2.05) is 0 Å². The first-order chi connectivity index (χ1) is 4.91. The van der Waals surface area contributed by atoms with Crippen LogP contribution in [0.2, 0.25) is 0 Å². The van der Waals surface area contributed by atoms with E-state index in [0.29, 0.717) is 6.29 Å². The van der Waals surface area contributed by atoms with Crippen molar-refractivity contribution in [3.63, 3.8) is 0 Å². The highest BCUT2D eigenvalue weighted by Crippen LogP contribution is 2.10. The van der Waals surface area contributed by atoms with E-state index in [4.69, 9.17) is 16.6 Å². The normalized spacial score (nSPS) is 21.9. The summed E-state index contributed by atoms with van der Waals surface area (Å²) in [7, 11) is 0. The summed E-state index contributed by atoms with van der Waals surface area (Å²) in [5.74, 6) is 0. The fourth-order valence-electron chi connectivity index (χ4n) is 0.867. The van der Waals surface area contributed by atoms with Crippen molar-refractivity contribution >= 4 is 6.29 Å². The van der Waals surface area contributed by atoms with Gasteiger partial charge < -0.3 is 21.4 Å². The minimum Gasteiger partial charge on any atom is -0.392 e. The average molecular weight is 160 g/mol. The summed E-state index contributed by atoms with van der Waals surface area (Å²) in [4.78, 5) is 10.1.